The van der Waals surface area contributed by atoms with Crippen molar-refractivity contribution in [1.82, 2.24) is 0 Å². The largest absolute Gasteiger partial charge is 0.497 e. The molecule has 3 heteroatoms. The lowest BCUT2D eigenvalue weighted by molar-refractivity contribution is 0.0916. The van der Waals surface area contributed by atoms with Crippen molar-refractivity contribution in [2.45, 2.75) is 11.7 Å². The van der Waals surface area contributed by atoms with Gasteiger partial charge in [-0.2, -0.15) is 0 Å². The maximum atomic E-state index is 13.2. The van der Waals surface area contributed by atoms with E-state index in [1.54, 1.807) is 19.2 Å². The summed E-state index contributed by atoms with van der Waals surface area (Å²) in [6.45, 7) is 0. The molecule has 27 heavy (non-hydrogen) atoms. The van der Waals surface area contributed by atoms with Crippen LogP contribution in [0.15, 0.2) is 84.9 Å². The molecule has 0 saturated carbocycles. The fourth-order valence-electron chi connectivity index (χ4n) is 3.05. The van der Waals surface area contributed by atoms with Gasteiger partial charge in [0.15, 0.2) is 0 Å². The molecule has 132 valence electrons. The van der Waals surface area contributed by atoms with Crippen molar-refractivity contribution in [2.75, 3.05) is 7.11 Å². The molecule has 1 fully saturated rings. The van der Waals surface area contributed by atoms with Gasteiger partial charge in [-0.15, -0.1) is 0 Å². The van der Waals surface area contributed by atoms with Gasteiger partial charge < -0.3 is 9.47 Å². The molecule has 1 aliphatic rings. The van der Waals surface area contributed by atoms with Crippen molar-refractivity contribution in [2.24, 2.45) is 0 Å². The molecule has 0 spiro atoms. The van der Waals surface area contributed by atoms with Crippen LogP contribution in [0.2, 0.25) is 0 Å². The van der Waals surface area contributed by atoms with Crippen molar-refractivity contribution < 1.29 is 14.3 Å². The molecule has 2 atom stereocenters. The summed E-state index contributed by atoms with van der Waals surface area (Å²) < 4.78 is 11.1. The second kappa shape index (κ2) is 7.11. The standard InChI is InChI=1S/C24H18O3/c1-26-21-14-12-18(13-15-21)16-17-24(22(25)19-8-4-2-5-9-19)23(27-24)20-10-6-3-7-11-20/h2-15,23H,1H3/t23-,24-/m0/s1. The molecule has 0 bridgehead atoms. The predicted octanol–water partition coefficient (Wildman–Crippen LogP) is 4.44. The molecule has 3 aromatic rings. The van der Waals surface area contributed by atoms with E-state index in [9.17, 15) is 4.79 Å². The number of carbonyl (C=O) groups is 1. The first kappa shape index (κ1) is 17.1. The topological polar surface area (TPSA) is 38.8 Å². The zero-order chi connectivity index (χ0) is 18.7. The number of benzene rings is 3. The molecule has 1 heterocycles. The van der Waals surface area contributed by atoms with Gasteiger partial charge in [0.05, 0.1) is 7.11 Å². The van der Waals surface area contributed by atoms with Gasteiger partial charge in [0.2, 0.25) is 11.4 Å². The third-order valence-corrected chi connectivity index (χ3v) is 4.57. The Morgan fingerprint density at radius 2 is 1.56 bits per heavy atom. The number of ether oxygens (including phenoxy) is 2. The van der Waals surface area contributed by atoms with E-state index in [4.69, 9.17) is 9.47 Å². The minimum Gasteiger partial charge on any atom is -0.497 e. The van der Waals surface area contributed by atoms with Crippen molar-refractivity contribution >= 4 is 5.78 Å². The first-order valence-electron chi connectivity index (χ1n) is 8.73. The minimum atomic E-state index is -1.15. The summed E-state index contributed by atoms with van der Waals surface area (Å²) in [4.78, 5) is 13.2. The Bertz CT molecular complexity index is 998. The van der Waals surface area contributed by atoms with E-state index >= 15 is 0 Å². The van der Waals surface area contributed by atoms with E-state index in [1.807, 2.05) is 72.8 Å². The van der Waals surface area contributed by atoms with Gasteiger partial charge in [0.25, 0.3) is 0 Å². The number of carbonyl (C=O) groups excluding carboxylic acids is 1. The summed E-state index contributed by atoms with van der Waals surface area (Å²) in [6, 6.07) is 26.3. The van der Waals surface area contributed by atoms with Crippen LogP contribution in [0.1, 0.15) is 27.6 Å². The monoisotopic (exact) mass is 354 g/mol. The lowest BCUT2D eigenvalue weighted by atomic mass is 9.91. The lowest BCUT2D eigenvalue weighted by Crippen LogP contribution is -2.24. The quantitative estimate of drug-likeness (QED) is 0.395. The molecule has 0 radical (unpaired) electrons. The molecular weight excluding hydrogens is 336 g/mol. The Morgan fingerprint density at radius 3 is 2.19 bits per heavy atom. The van der Waals surface area contributed by atoms with Gasteiger partial charge in [-0.3, -0.25) is 4.79 Å². The van der Waals surface area contributed by atoms with E-state index in [0.717, 1.165) is 16.9 Å². The highest BCUT2D eigenvalue weighted by Crippen LogP contribution is 2.51. The van der Waals surface area contributed by atoms with E-state index in [0.29, 0.717) is 5.56 Å². The van der Waals surface area contributed by atoms with Crippen LogP contribution < -0.4 is 4.74 Å². The molecule has 4 rings (SSSR count). The van der Waals surface area contributed by atoms with E-state index in [1.165, 1.54) is 0 Å². The summed E-state index contributed by atoms with van der Waals surface area (Å²) >= 11 is 0. The third kappa shape index (κ3) is 3.36. The Balaban J connectivity index is 1.70. The van der Waals surface area contributed by atoms with Crippen molar-refractivity contribution in [1.29, 1.82) is 0 Å². The number of methoxy groups -OCH3 is 1. The molecule has 3 aromatic carbocycles. The number of rotatable bonds is 4. The van der Waals surface area contributed by atoms with Crippen molar-refractivity contribution in [3.8, 4) is 17.6 Å². The number of hydrogen-bond acceptors (Lipinski definition) is 3. The summed E-state index contributed by atoms with van der Waals surface area (Å²) in [5.41, 5.74) is 1.20. The maximum absolute atomic E-state index is 13.2. The van der Waals surface area contributed by atoms with Crippen LogP contribution >= 0.6 is 0 Å². The second-order valence-corrected chi connectivity index (χ2v) is 6.32. The van der Waals surface area contributed by atoms with Gasteiger partial charge >= 0.3 is 0 Å². The summed E-state index contributed by atoms with van der Waals surface area (Å²) in [7, 11) is 1.62. The van der Waals surface area contributed by atoms with Gasteiger partial charge in [-0.25, -0.2) is 0 Å². The summed E-state index contributed by atoms with van der Waals surface area (Å²) in [6.07, 6.45) is -0.364. The highest BCUT2D eigenvalue weighted by Gasteiger charge is 2.62. The molecule has 1 aliphatic heterocycles. The van der Waals surface area contributed by atoms with Gasteiger partial charge in [-0.05, 0) is 29.8 Å². The molecule has 0 unspecified atom stereocenters. The van der Waals surface area contributed by atoms with Gasteiger partial charge in [0.1, 0.15) is 11.9 Å². The second-order valence-electron chi connectivity index (χ2n) is 6.32. The summed E-state index contributed by atoms with van der Waals surface area (Å²) in [5.74, 6) is 6.86. The zero-order valence-corrected chi connectivity index (χ0v) is 14.9. The average Bonchev–Trinajstić information content (AvgIpc) is 3.49. The van der Waals surface area contributed by atoms with Crippen LogP contribution in [0, 0.1) is 11.8 Å². The SMILES string of the molecule is COc1ccc(C#C[C@@]2(C(=O)c3ccccc3)O[C@H]2c2ccccc2)cc1. The normalized spacial score (nSPS) is 20.3. The van der Waals surface area contributed by atoms with Crippen LogP contribution in [0.3, 0.4) is 0 Å². The number of epoxide rings is 1. The third-order valence-electron chi connectivity index (χ3n) is 4.57. The number of hydrogen-bond donors (Lipinski definition) is 0. The van der Waals surface area contributed by atoms with Crippen LogP contribution in [-0.2, 0) is 4.74 Å². The van der Waals surface area contributed by atoms with Crippen LogP contribution in [-0.4, -0.2) is 18.5 Å². The van der Waals surface area contributed by atoms with Gasteiger partial charge in [0, 0.05) is 11.1 Å². The smallest absolute Gasteiger partial charge is 0.223 e. The highest BCUT2D eigenvalue weighted by atomic mass is 16.6. The van der Waals surface area contributed by atoms with Crippen LogP contribution in [0.5, 0.6) is 5.75 Å². The molecule has 0 amide bonds. The molecule has 3 nitrogen and oxygen atoms in total. The van der Waals surface area contributed by atoms with E-state index in [2.05, 4.69) is 11.8 Å². The first-order valence-corrected chi connectivity index (χ1v) is 8.73. The van der Waals surface area contributed by atoms with Crippen LogP contribution in [0.25, 0.3) is 0 Å². The molecule has 0 aliphatic carbocycles. The Labute approximate surface area is 158 Å². The average molecular weight is 354 g/mol. The van der Waals surface area contributed by atoms with E-state index in [-0.39, 0.29) is 11.9 Å². The Hall–Kier alpha value is -3.35. The zero-order valence-electron chi connectivity index (χ0n) is 14.9. The minimum absolute atomic E-state index is 0.113. The lowest BCUT2D eigenvalue weighted by Gasteiger charge is -2.06. The summed E-state index contributed by atoms with van der Waals surface area (Å²) in [5, 5.41) is 0. The molecule has 1 saturated heterocycles. The fourth-order valence-corrected chi connectivity index (χ4v) is 3.05. The highest BCUT2D eigenvalue weighted by molar-refractivity contribution is 6.07. The number of ketones is 1. The first-order chi connectivity index (χ1) is 13.2. The molecular formula is C24H18O3. The Morgan fingerprint density at radius 1 is 0.926 bits per heavy atom. The molecule has 0 N–H and O–H groups in total. The van der Waals surface area contributed by atoms with Crippen molar-refractivity contribution in [3.63, 3.8) is 0 Å². The number of Topliss-reactive ketones (excluding diaryl/α,β-unsaturated/α-hetero) is 1. The molecule has 0 aromatic heterocycles. The fraction of sp³-hybridized carbons (Fsp3) is 0.125. The maximum Gasteiger partial charge on any atom is 0.223 e. The van der Waals surface area contributed by atoms with Crippen LogP contribution in [0.4, 0.5) is 0 Å². The van der Waals surface area contributed by atoms with Gasteiger partial charge in [-0.1, -0.05) is 72.5 Å². The van der Waals surface area contributed by atoms with Crippen molar-refractivity contribution in [3.05, 3.63) is 102 Å². The Kier molecular flexibility index (Phi) is 4.50. The predicted molar refractivity (Wildman–Crippen MR) is 104 cm³/mol. The van der Waals surface area contributed by atoms with E-state index < -0.39 is 5.60 Å².